The van der Waals surface area contributed by atoms with Crippen molar-refractivity contribution in [2.75, 3.05) is 5.43 Å². The van der Waals surface area contributed by atoms with E-state index in [9.17, 15) is 14.5 Å². The number of nitro groups is 1. The number of aromatic nitrogens is 1. The van der Waals surface area contributed by atoms with E-state index in [0.29, 0.717) is 27.8 Å². The Kier molecular flexibility index (Phi) is 4.15. The molecule has 1 N–H and O–H groups in total. The summed E-state index contributed by atoms with van der Waals surface area (Å²) in [5.74, 6) is -0.366. The minimum absolute atomic E-state index is 0.0270. The molecule has 0 amide bonds. The van der Waals surface area contributed by atoms with Crippen molar-refractivity contribution >= 4 is 28.5 Å². The van der Waals surface area contributed by atoms with E-state index < -0.39 is 4.92 Å². The number of nitrogens with one attached hydrogen (secondary N) is 1. The minimum atomic E-state index is -0.462. The summed E-state index contributed by atoms with van der Waals surface area (Å²) in [5.41, 5.74) is 5.07. The highest BCUT2D eigenvalue weighted by atomic mass is 19.1. The molecule has 0 bridgehead atoms. The van der Waals surface area contributed by atoms with Crippen molar-refractivity contribution in [2.24, 2.45) is 5.10 Å². The minimum Gasteiger partial charge on any atom is -0.278 e. The summed E-state index contributed by atoms with van der Waals surface area (Å²) in [4.78, 5) is 14.8. The number of fused-ring (bicyclic) bond motifs is 1. The third-order valence-electron chi connectivity index (χ3n) is 3.42. The lowest BCUT2D eigenvalue weighted by Crippen LogP contribution is -1.97. The van der Waals surface area contributed by atoms with Crippen LogP contribution in [0.5, 0.6) is 0 Å². The van der Waals surface area contributed by atoms with Gasteiger partial charge in [0.05, 0.1) is 27.9 Å². The van der Waals surface area contributed by atoms with Crippen LogP contribution >= 0.6 is 0 Å². The molecule has 2 aromatic carbocycles. The predicted molar refractivity (Wildman–Crippen MR) is 90.8 cm³/mol. The first-order valence-corrected chi connectivity index (χ1v) is 7.14. The normalized spacial score (nSPS) is 11.1. The van der Waals surface area contributed by atoms with Crippen LogP contribution in [-0.2, 0) is 0 Å². The molecule has 0 saturated heterocycles. The molecule has 0 spiro atoms. The maximum Gasteiger partial charge on any atom is 0.278 e. The molecule has 1 aromatic heterocycles. The number of rotatable bonds is 4. The lowest BCUT2D eigenvalue weighted by Gasteiger charge is -2.07. The number of aryl methyl sites for hydroxylation is 1. The molecule has 0 aliphatic rings. The number of hydrogen-bond donors (Lipinski definition) is 1. The number of hydrazone groups is 1. The van der Waals surface area contributed by atoms with Gasteiger partial charge in [0.25, 0.3) is 5.69 Å². The maximum absolute atomic E-state index is 13.3. The molecule has 0 fully saturated rings. The highest BCUT2D eigenvalue weighted by Crippen LogP contribution is 2.24. The van der Waals surface area contributed by atoms with Crippen LogP contribution in [0.25, 0.3) is 10.9 Å². The Morgan fingerprint density at radius 3 is 2.83 bits per heavy atom. The lowest BCUT2D eigenvalue weighted by atomic mass is 10.1. The van der Waals surface area contributed by atoms with Crippen molar-refractivity contribution in [2.45, 2.75) is 6.92 Å². The molecular weight excluding hydrogens is 311 g/mol. The Bertz CT molecular complexity index is 951. The third-order valence-corrected chi connectivity index (χ3v) is 3.42. The Balaban J connectivity index is 1.93. The molecular formula is C17H13FN4O2. The molecule has 0 aliphatic heterocycles. The van der Waals surface area contributed by atoms with Crippen LogP contribution in [0.3, 0.4) is 0 Å². The van der Waals surface area contributed by atoms with Crippen molar-refractivity contribution in [3.05, 3.63) is 75.7 Å². The van der Waals surface area contributed by atoms with Gasteiger partial charge in [-0.05, 0) is 31.2 Å². The van der Waals surface area contributed by atoms with Gasteiger partial charge in [-0.3, -0.25) is 20.5 Å². The SMILES string of the molecule is Cc1cc(NN=Cc2ccccc2[N+](=O)[O-])c2ccc(F)cc2n1. The fourth-order valence-electron chi connectivity index (χ4n) is 2.36. The smallest absolute Gasteiger partial charge is 0.278 e. The first-order chi connectivity index (χ1) is 11.5. The monoisotopic (exact) mass is 324 g/mol. The van der Waals surface area contributed by atoms with E-state index in [1.54, 1.807) is 37.3 Å². The summed E-state index contributed by atoms with van der Waals surface area (Å²) in [6.07, 6.45) is 1.38. The molecule has 3 aromatic rings. The van der Waals surface area contributed by atoms with Gasteiger partial charge in [0.1, 0.15) is 5.82 Å². The standard InChI is InChI=1S/C17H13FN4O2/c1-11-8-16(14-7-6-13(18)9-15(14)20-11)21-19-10-12-4-2-3-5-17(12)22(23)24/h2-10H,1H3,(H,20,21). The second-order valence-corrected chi connectivity index (χ2v) is 5.16. The molecule has 3 rings (SSSR count). The van der Waals surface area contributed by atoms with E-state index in [2.05, 4.69) is 15.5 Å². The Labute approximate surface area is 136 Å². The average Bonchev–Trinajstić information content (AvgIpc) is 2.54. The van der Waals surface area contributed by atoms with Gasteiger partial charge in [0.2, 0.25) is 0 Å². The van der Waals surface area contributed by atoms with Gasteiger partial charge in [0, 0.05) is 23.2 Å². The van der Waals surface area contributed by atoms with Crippen molar-refractivity contribution in [3.8, 4) is 0 Å². The van der Waals surface area contributed by atoms with Crippen LogP contribution in [-0.4, -0.2) is 16.1 Å². The second kappa shape index (κ2) is 6.41. The number of nitrogens with zero attached hydrogens (tertiary/aromatic N) is 3. The van der Waals surface area contributed by atoms with E-state index in [-0.39, 0.29) is 11.5 Å². The van der Waals surface area contributed by atoms with Crippen molar-refractivity contribution in [1.82, 2.24) is 4.98 Å². The van der Waals surface area contributed by atoms with Crippen LogP contribution in [0.1, 0.15) is 11.3 Å². The zero-order valence-electron chi connectivity index (χ0n) is 12.7. The molecule has 0 saturated carbocycles. The topological polar surface area (TPSA) is 80.4 Å². The second-order valence-electron chi connectivity index (χ2n) is 5.16. The van der Waals surface area contributed by atoms with Gasteiger partial charge in [-0.2, -0.15) is 5.10 Å². The zero-order valence-corrected chi connectivity index (χ0v) is 12.7. The maximum atomic E-state index is 13.3. The predicted octanol–water partition coefficient (Wildman–Crippen LogP) is 4.04. The molecule has 0 atom stereocenters. The Morgan fingerprint density at radius 1 is 1.25 bits per heavy atom. The van der Waals surface area contributed by atoms with Crippen molar-refractivity contribution in [3.63, 3.8) is 0 Å². The molecule has 0 unspecified atom stereocenters. The number of benzene rings is 2. The summed E-state index contributed by atoms with van der Waals surface area (Å²) in [6.45, 7) is 1.79. The number of para-hydroxylation sites is 1. The lowest BCUT2D eigenvalue weighted by molar-refractivity contribution is -0.385. The van der Waals surface area contributed by atoms with Gasteiger partial charge in [-0.15, -0.1) is 0 Å². The highest BCUT2D eigenvalue weighted by Gasteiger charge is 2.10. The van der Waals surface area contributed by atoms with Gasteiger partial charge >= 0.3 is 0 Å². The number of halogens is 1. The Morgan fingerprint density at radius 2 is 2.04 bits per heavy atom. The van der Waals surface area contributed by atoms with Crippen LogP contribution in [0.4, 0.5) is 15.8 Å². The highest BCUT2D eigenvalue weighted by molar-refractivity contribution is 5.92. The number of nitro benzene ring substituents is 1. The molecule has 120 valence electrons. The quantitative estimate of drug-likeness (QED) is 0.446. The molecule has 0 radical (unpaired) electrons. The first kappa shape index (κ1) is 15.5. The third kappa shape index (κ3) is 3.19. The molecule has 0 aliphatic carbocycles. The van der Waals surface area contributed by atoms with Crippen LogP contribution in [0.2, 0.25) is 0 Å². The van der Waals surface area contributed by atoms with E-state index in [1.807, 2.05) is 0 Å². The molecule has 7 heteroatoms. The van der Waals surface area contributed by atoms with Gasteiger partial charge in [-0.25, -0.2) is 4.39 Å². The number of pyridine rings is 1. The largest absolute Gasteiger partial charge is 0.278 e. The van der Waals surface area contributed by atoms with E-state index in [4.69, 9.17) is 0 Å². The summed E-state index contributed by atoms with van der Waals surface area (Å²) >= 11 is 0. The Hall–Kier alpha value is -3.35. The molecule has 6 nitrogen and oxygen atoms in total. The van der Waals surface area contributed by atoms with Crippen LogP contribution in [0.15, 0.2) is 53.6 Å². The van der Waals surface area contributed by atoms with E-state index in [0.717, 1.165) is 0 Å². The summed E-state index contributed by atoms with van der Waals surface area (Å²) < 4.78 is 13.3. The zero-order chi connectivity index (χ0) is 17.1. The van der Waals surface area contributed by atoms with Crippen molar-refractivity contribution < 1.29 is 9.31 Å². The van der Waals surface area contributed by atoms with E-state index in [1.165, 1.54) is 24.4 Å². The van der Waals surface area contributed by atoms with Gasteiger partial charge in [0.15, 0.2) is 0 Å². The summed E-state index contributed by atoms with van der Waals surface area (Å²) in [6, 6.07) is 12.4. The fraction of sp³-hybridized carbons (Fsp3) is 0.0588. The fourth-order valence-corrected chi connectivity index (χ4v) is 2.36. The van der Waals surface area contributed by atoms with Gasteiger partial charge < -0.3 is 0 Å². The number of anilines is 1. The van der Waals surface area contributed by atoms with Crippen LogP contribution < -0.4 is 5.43 Å². The van der Waals surface area contributed by atoms with E-state index >= 15 is 0 Å². The van der Waals surface area contributed by atoms with Crippen LogP contribution in [0, 0.1) is 22.9 Å². The molecule has 1 heterocycles. The molecule has 24 heavy (non-hydrogen) atoms. The summed E-state index contributed by atoms with van der Waals surface area (Å²) in [7, 11) is 0. The number of hydrogen-bond acceptors (Lipinski definition) is 5. The van der Waals surface area contributed by atoms with Crippen molar-refractivity contribution in [1.29, 1.82) is 0 Å². The van der Waals surface area contributed by atoms with Gasteiger partial charge in [-0.1, -0.05) is 12.1 Å². The average molecular weight is 324 g/mol. The summed E-state index contributed by atoms with van der Waals surface area (Å²) in [5, 5.41) is 15.8. The first-order valence-electron chi connectivity index (χ1n) is 7.14.